The van der Waals surface area contributed by atoms with Crippen molar-refractivity contribution in [3.8, 4) is 0 Å². The Bertz CT molecular complexity index is 904. The SMILES string of the molecule is NOC1(C(=O)N2CCOC[C@@H]2CNC(=O)c2ccc(C3=NC(C(F)(F)F)ON3)cc2)CC1. The minimum atomic E-state index is -4.62. The Morgan fingerprint density at radius 2 is 2.03 bits per heavy atom. The maximum absolute atomic E-state index is 12.7. The van der Waals surface area contributed by atoms with E-state index in [4.69, 9.17) is 15.5 Å². The molecule has 2 heterocycles. The molecule has 0 spiro atoms. The van der Waals surface area contributed by atoms with E-state index in [2.05, 4.69) is 20.6 Å². The Morgan fingerprint density at radius 1 is 1.31 bits per heavy atom. The van der Waals surface area contributed by atoms with Crippen LogP contribution in [0.25, 0.3) is 0 Å². The number of carbonyl (C=O) groups excluding carboxylic acids is 2. The maximum atomic E-state index is 12.7. The number of benzene rings is 1. The molecule has 4 rings (SSSR count). The van der Waals surface area contributed by atoms with Gasteiger partial charge in [0, 0.05) is 24.2 Å². The molecule has 1 saturated carbocycles. The fourth-order valence-corrected chi connectivity index (χ4v) is 3.50. The fraction of sp³-hybridized carbons (Fsp3) is 0.526. The van der Waals surface area contributed by atoms with Gasteiger partial charge >= 0.3 is 6.18 Å². The van der Waals surface area contributed by atoms with E-state index in [9.17, 15) is 22.8 Å². The lowest BCUT2D eigenvalue weighted by molar-refractivity contribution is -0.220. The second-order valence-corrected chi connectivity index (χ2v) is 7.72. The molecule has 2 atom stereocenters. The zero-order valence-electron chi connectivity index (χ0n) is 16.9. The van der Waals surface area contributed by atoms with Crippen molar-refractivity contribution in [2.24, 2.45) is 10.9 Å². The number of ether oxygens (including phenoxy) is 1. The van der Waals surface area contributed by atoms with Crippen LogP contribution in [0.1, 0.15) is 28.8 Å². The summed E-state index contributed by atoms with van der Waals surface area (Å²) in [6, 6.07) is 5.45. The van der Waals surface area contributed by atoms with E-state index in [1.165, 1.54) is 24.3 Å². The van der Waals surface area contributed by atoms with Crippen LogP contribution in [-0.4, -0.2) is 72.9 Å². The number of hydroxylamine groups is 1. The van der Waals surface area contributed by atoms with E-state index < -0.39 is 23.9 Å². The highest BCUT2D eigenvalue weighted by molar-refractivity contribution is 6.00. The molecule has 2 amide bonds. The van der Waals surface area contributed by atoms with Gasteiger partial charge < -0.3 is 15.0 Å². The largest absolute Gasteiger partial charge is 0.437 e. The Labute approximate surface area is 180 Å². The number of halogens is 3. The predicted molar refractivity (Wildman–Crippen MR) is 103 cm³/mol. The van der Waals surface area contributed by atoms with Crippen molar-refractivity contribution in [2.75, 3.05) is 26.3 Å². The number of rotatable bonds is 6. The summed E-state index contributed by atoms with van der Waals surface area (Å²) in [4.78, 5) is 39.6. The molecular formula is C19H22F3N5O5. The molecule has 1 saturated heterocycles. The van der Waals surface area contributed by atoms with Crippen LogP contribution >= 0.6 is 0 Å². The molecule has 0 bridgehead atoms. The molecule has 1 aromatic rings. The first-order valence-corrected chi connectivity index (χ1v) is 9.95. The van der Waals surface area contributed by atoms with E-state index >= 15 is 0 Å². The minimum Gasteiger partial charge on any atom is -0.377 e. The predicted octanol–water partition coefficient (Wildman–Crippen LogP) is 0.237. The minimum absolute atomic E-state index is 0.0797. The molecule has 10 nitrogen and oxygen atoms in total. The van der Waals surface area contributed by atoms with Crippen LogP contribution in [0.3, 0.4) is 0 Å². The summed E-state index contributed by atoms with van der Waals surface area (Å²) in [6.07, 6.45) is -5.79. The molecule has 1 aromatic carbocycles. The van der Waals surface area contributed by atoms with Gasteiger partial charge in [0.15, 0.2) is 11.4 Å². The van der Waals surface area contributed by atoms with Crippen molar-refractivity contribution in [3.05, 3.63) is 35.4 Å². The number of aliphatic imine (C=N–C) groups is 1. The Balaban J connectivity index is 1.35. The fourth-order valence-electron chi connectivity index (χ4n) is 3.50. The second kappa shape index (κ2) is 8.65. The quantitative estimate of drug-likeness (QED) is 0.522. The first-order chi connectivity index (χ1) is 15.2. The number of amidine groups is 1. The molecule has 2 aliphatic heterocycles. The van der Waals surface area contributed by atoms with Crippen LogP contribution in [-0.2, 0) is 19.2 Å². The Morgan fingerprint density at radius 3 is 2.62 bits per heavy atom. The van der Waals surface area contributed by atoms with E-state index in [-0.39, 0.29) is 30.9 Å². The molecule has 174 valence electrons. The molecule has 1 unspecified atom stereocenters. The van der Waals surface area contributed by atoms with Gasteiger partial charge in [-0.1, -0.05) is 12.1 Å². The number of nitrogens with zero attached hydrogens (tertiary/aromatic N) is 2. The molecule has 0 aromatic heterocycles. The molecular weight excluding hydrogens is 435 g/mol. The van der Waals surface area contributed by atoms with Crippen LogP contribution in [0.5, 0.6) is 0 Å². The molecule has 0 radical (unpaired) electrons. The molecule has 2 fully saturated rings. The van der Waals surface area contributed by atoms with Crippen LogP contribution in [0, 0.1) is 0 Å². The lowest BCUT2D eigenvalue weighted by Crippen LogP contribution is -2.57. The first kappa shape index (κ1) is 22.5. The second-order valence-electron chi connectivity index (χ2n) is 7.72. The summed E-state index contributed by atoms with van der Waals surface area (Å²) in [5.41, 5.74) is 1.80. The number of alkyl halides is 3. The monoisotopic (exact) mass is 457 g/mol. The molecule has 3 aliphatic rings. The zero-order valence-corrected chi connectivity index (χ0v) is 16.9. The van der Waals surface area contributed by atoms with Crippen LogP contribution in [0.2, 0.25) is 0 Å². The lowest BCUT2D eigenvalue weighted by Gasteiger charge is -2.37. The molecule has 1 aliphatic carbocycles. The number of nitrogens with two attached hydrogens (primary N) is 1. The van der Waals surface area contributed by atoms with Gasteiger partial charge in [-0.25, -0.2) is 21.2 Å². The molecule has 32 heavy (non-hydrogen) atoms. The third-order valence-corrected chi connectivity index (χ3v) is 5.52. The molecule has 13 heteroatoms. The van der Waals surface area contributed by atoms with Crippen LogP contribution in [0.15, 0.2) is 29.3 Å². The van der Waals surface area contributed by atoms with Crippen LogP contribution < -0.4 is 16.7 Å². The van der Waals surface area contributed by atoms with Gasteiger partial charge in [-0.05, 0) is 25.0 Å². The summed E-state index contributed by atoms with van der Waals surface area (Å²) in [6.45, 7) is 1.17. The number of carbonyl (C=O) groups is 2. The van der Waals surface area contributed by atoms with Crippen LogP contribution in [0.4, 0.5) is 13.2 Å². The summed E-state index contributed by atoms with van der Waals surface area (Å²) in [7, 11) is 0. The van der Waals surface area contributed by atoms with E-state index in [1.807, 2.05) is 0 Å². The smallest absolute Gasteiger partial charge is 0.377 e. The van der Waals surface area contributed by atoms with Crippen molar-refractivity contribution in [2.45, 2.75) is 36.9 Å². The number of hydrogen-bond acceptors (Lipinski definition) is 8. The topological polar surface area (TPSA) is 128 Å². The third kappa shape index (κ3) is 4.55. The average molecular weight is 457 g/mol. The average Bonchev–Trinajstić information content (AvgIpc) is 3.43. The summed E-state index contributed by atoms with van der Waals surface area (Å²) in [5, 5.41) is 2.76. The Kier molecular flexibility index (Phi) is 6.07. The zero-order chi connectivity index (χ0) is 22.9. The Hall–Kier alpha value is -2.74. The van der Waals surface area contributed by atoms with Crippen molar-refractivity contribution < 1.29 is 37.2 Å². The van der Waals surface area contributed by atoms with Gasteiger partial charge in [-0.2, -0.15) is 13.2 Å². The highest BCUT2D eigenvalue weighted by atomic mass is 19.4. The van der Waals surface area contributed by atoms with E-state index in [1.54, 1.807) is 4.90 Å². The standard InChI is InChI=1S/C19H22F3N5O5/c20-19(21,22)16-25-14(26-31-16)11-1-3-12(4-2-11)15(28)24-9-13-10-30-8-7-27(13)17(29)18(32-23)5-6-18/h1-4,13,16H,5-10,23H2,(H,24,28)(H,25,26)/t13-,16?/m0/s1. The van der Waals surface area contributed by atoms with E-state index in [0.717, 1.165) is 0 Å². The lowest BCUT2D eigenvalue weighted by atomic mass is 10.1. The first-order valence-electron chi connectivity index (χ1n) is 9.95. The van der Waals surface area contributed by atoms with Crippen molar-refractivity contribution in [3.63, 3.8) is 0 Å². The maximum Gasteiger partial charge on any atom is 0.437 e. The summed E-state index contributed by atoms with van der Waals surface area (Å²) >= 11 is 0. The number of hydrogen-bond donors (Lipinski definition) is 3. The van der Waals surface area contributed by atoms with Gasteiger partial charge in [0.25, 0.3) is 18.0 Å². The van der Waals surface area contributed by atoms with Gasteiger partial charge in [0.1, 0.15) is 0 Å². The van der Waals surface area contributed by atoms with Gasteiger partial charge in [0.2, 0.25) is 0 Å². The highest BCUT2D eigenvalue weighted by Crippen LogP contribution is 2.40. The van der Waals surface area contributed by atoms with Crippen molar-refractivity contribution in [1.82, 2.24) is 15.7 Å². The number of nitrogens with one attached hydrogen (secondary N) is 2. The molecule has 4 N–H and O–H groups in total. The van der Waals surface area contributed by atoms with Gasteiger partial charge in [0.05, 0.1) is 19.3 Å². The summed E-state index contributed by atoms with van der Waals surface area (Å²) in [5.74, 6) is 4.58. The highest BCUT2D eigenvalue weighted by Gasteiger charge is 2.54. The summed E-state index contributed by atoms with van der Waals surface area (Å²) < 4.78 is 43.4. The third-order valence-electron chi connectivity index (χ3n) is 5.52. The van der Waals surface area contributed by atoms with Crippen molar-refractivity contribution >= 4 is 17.6 Å². The van der Waals surface area contributed by atoms with E-state index in [0.29, 0.717) is 37.1 Å². The normalized spacial score (nSPS) is 24.5. The number of amides is 2. The van der Waals surface area contributed by atoms with Gasteiger partial charge in [-0.15, -0.1) is 0 Å². The number of morpholine rings is 1. The van der Waals surface area contributed by atoms with Gasteiger partial charge in [-0.3, -0.25) is 14.4 Å². The van der Waals surface area contributed by atoms with Crippen molar-refractivity contribution in [1.29, 1.82) is 0 Å².